The molecule has 0 aromatic heterocycles. The number of benzene rings is 1. The van der Waals surface area contributed by atoms with Crippen LogP contribution in [0.4, 0.5) is 24.5 Å². The van der Waals surface area contributed by atoms with Gasteiger partial charge in [0.2, 0.25) is 0 Å². The van der Waals surface area contributed by atoms with Crippen LogP contribution in [0.1, 0.15) is 24.8 Å². The van der Waals surface area contributed by atoms with Gasteiger partial charge in [0.05, 0.1) is 10.5 Å². The van der Waals surface area contributed by atoms with Crippen LogP contribution >= 0.6 is 0 Å². The topological polar surface area (TPSA) is 81.2 Å². The van der Waals surface area contributed by atoms with Crippen molar-refractivity contribution in [2.45, 2.75) is 37.5 Å². The van der Waals surface area contributed by atoms with Gasteiger partial charge in [-0.3, -0.25) is 10.1 Å². The molecule has 1 aromatic rings. The molecule has 0 spiro atoms. The normalized spacial score (nSPS) is 22.8. The number of nitrogens with zero attached hydrogens (tertiary/aromatic N) is 1. The standard InChI is InChI=1S/C12H14F3N3O2/c13-12(14,15)7-1-4-10(11(5-7)18(19)20)17-9-3-2-8(16)6-9/h1,4-5,8-9,17H,2-3,6,16H2. The molecule has 0 aliphatic heterocycles. The number of alkyl halides is 3. The smallest absolute Gasteiger partial charge is 0.377 e. The highest BCUT2D eigenvalue weighted by Crippen LogP contribution is 2.36. The lowest BCUT2D eigenvalue weighted by Crippen LogP contribution is -2.21. The lowest BCUT2D eigenvalue weighted by molar-refractivity contribution is -0.384. The molecule has 8 heteroatoms. The predicted octanol–water partition coefficient (Wildman–Crippen LogP) is 2.91. The Morgan fingerprint density at radius 1 is 1.35 bits per heavy atom. The molecule has 0 radical (unpaired) electrons. The quantitative estimate of drug-likeness (QED) is 0.662. The minimum atomic E-state index is -4.60. The van der Waals surface area contributed by atoms with E-state index in [0.29, 0.717) is 12.5 Å². The lowest BCUT2D eigenvalue weighted by Gasteiger charge is -2.15. The maximum atomic E-state index is 12.6. The maximum Gasteiger partial charge on any atom is 0.416 e. The number of hydrogen-bond donors (Lipinski definition) is 2. The molecule has 1 aliphatic carbocycles. The number of nitro benzene ring substituents is 1. The van der Waals surface area contributed by atoms with E-state index < -0.39 is 22.4 Å². The molecule has 0 bridgehead atoms. The van der Waals surface area contributed by atoms with Gasteiger partial charge in [-0.05, 0) is 31.4 Å². The van der Waals surface area contributed by atoms with Crippen molar-refractivity contribution in [1.82, 2.24) is 0 Å². The second kappa shape index (κ2) is 5.28. The molecule has 1 aliphatic rings. The molecule has 2 rings (SSSR count). The number of anilines is 1. The fourth-order valence-electron chi connectivity index (χ4n) is 2.35. The zero-order chi connectivity index (χ0) is 14.9. The van der Waals surface area contributed by atoms with E-state index in [1.54, 1.807) is 0 Å². The van der Waals surface area contributed by atoms with Crippen LogP contribution in [0.25, 0.3) is 0 Å². The summed E-state index contributed by atoms with van der Waals surface area (Å²) in [5.41, 5.74) is 4.24. The number of halogens is 3. The van der Waals surface area contributed by atoms with Crippen molar-refractivity contribution >= 4 is 11.4 Å². The molecule has 1 saturated carbocycles. The Bertz CT molecular complexity index is 519. The Hall–Kier alpha value is -1.83. The van der Waals surface area contributed by atoms with Crippen molar-refractivity contribution in [2.24, 2.45) is 5.73 Å². The summed E-state index contributed by atoms with van der Waals surface area (Å²) in [6.07, 6.45) is -2.40. The van der Waals surface area contributed by atoms with Crippen molar-refractivity contribution in [1.29, 1.82) is 0 Å². The first-order valence-electron chi connectivity index (χ1n) is 6.15. The Kier molecular flexibility index (Phi) is 3.85. The van der Waals surface area contributed by atoms with Gasteiger partial charge in [0, 0.05) is 18.2 Å². The number of nitrogens with two attached hydrogens (primary N) is 1. The number of nitrogens with one attached hydrogen (secondary N) is 1. The first kappa shape index (κ1) is 14.6. The van der Waals surface area contributed by atoms with Gasteiger partial charge in [-0.2, -0.15) is 13.2 Å². The minimum Gasteiger partial charge on any atom is -0.377 e. The van der Waals surface area contributed by atoms with Gasteiger partial charge in [-0.15, -0.1) is 0 Å². The Labute approximate surface area is 113 Å². The summed E-state index contributed by atoms with van der Waals surface area (Å²) in [6.45, 7) is 0. The molecule has 0 amide bonds. The molecule has 110 valence electrons. The van der Waals surface area contributed by atoms with Gasteiger partial charge >= 0.3 is 6.18 Å². The van der Waals surface area contributed by atoms with Gasteiger partial charge in [0.15, 0.2) is 0 Å². The van der Waals surface area contributed by atoms with Crippen LogP contribution in [0.3, 0.4) is 0 Å². The van der Waals surface area contributed by atoms with Gasteiger partial charge in [0.1, 0.15) is 5.69 Å². The van der Waals surface area contributed by atoms with Crippen LogP contribution in [0, 0.1) is 10.1 Å². The third-order valence-corrected chi connectivity index (χ3v) is 3.35. The highest BCUT2D eigenvalue weighted by molar-refractivity contribution is 5.63. The number of rotatable bonds is 3. The van der Waals surface area contributed by atoms with E-state index >= 15 is 0 Å². The summed E-state index contributed by atoms with van der Waals surface area (Å²) in [4.78, 5) is 10.1. The average Bonchev–Trinajstić information content (AvgIpc) is 2.73. The Balaban J connectivity index is 2.26. The van der Waals surface area contributed by atoms with Crippen molar-refractivity contribution in [3.8, 4) is 0 Å². The Morgan fingerprint density at radius 2 is 2.05 bits per heavy atom. The largest absolute Gasteiger partial charge is 0.416 e. The van der Waals surface area contributed by atoms with E-state index in [0.717, 1.165) is 25.0 Å². The summed E-state index contributed by atoms with van der Waals surface area (Å²) in [6, 6.07) is 2.48. The van der Waals surface area contributed by atoms with Gasteiger partial charge in [-0.1, -0.05) is 0 Å². The molecule has 0 saturated heterocycles. The lowest BCUT2D eigenvalue weighted by atomic mass is 10.1. The van der Waals surface area contributed by atoms with Crippen LogP contribution in [0.2, 0.25) is 0 Å². The maximum absolute atomic E-state index is 12.6. The first-order valence-corrected chi connectivity index (χ1v) is 6.15. The molecule has 2 unspecified atom stereocenters. The molecule has 2 atom stereocenters. The van der Waals surface area contributed by atoms with E-state index in [4.69, 9.17) is 5.73 Å². The summed E-state index contributed by atoms with van der Waals surface area (Å²) in [7, 11) is 0. The minimum absolute atomic E-state index is 0.0287. The van der Waals surface area contributed by atoms with E-state index in [2.05, 4.69) is 5.32 Å². The second-order valence-electron chi connectivity index (χ2n) is 4.90. The summed E-state index contributed by atoms with van der Waals surface area (Å²) in [5.74, 6) is 0. The molecule has 1 fully saturated rings. The zero-order valence-electron chi connectivity index (χ0n) is 10.5. The second-order valence-corrected chi connectivity index (χ2v) is 4.90. The third-order valence-electron chi connectivity index (χ3n) is 3.35. The predicted molar refractivity (Wildman–Crippen MR) is 67.3 cm³/mol. The van der Waals surface area contributed by atoms with Crippen LogP contribution in [0.5, 0.6) is 0 Å². The fourth-order valence-corrected chi connectivity index (χ4v) is 2.35. The van der Waals surface area contributed by atoms with Crippen LogP contribution in [0.15, 0.2) is 18.2 Å². The summed E-state index contributed by atoms with van der Waals surface area (Å²) in [5, 5.41) is 13.8. The van der Waals surface area contributed by atoms with Gasteiger partial charge < -0.3 is 11.1 Å². The zero-order valence-corrected chi connectivity index (χ0v) is 10.5. The highest BCUT2D eigenvalue weighted by Gasteiger charge is 2.33. The summed E-state index contributed by atoms with van der Waals surface area (Å²) < 4.78 is 37.7. The number of nitro groups is 1. The van der Waals surface area contributed by atoms with Crippen LogP contribution in [-0.2, 0) is 6.18 Å². The summed E-state index contributed by atoms with van der Waals surface area (Å²) >= 11 is 0. The fraction of sp³-hybridized carbons (Fsp3) is 0.500. The van der Waals surface area contributed by atoms with Gasteiger partial charge in [-0.25, -0.2) is 0 Å². The molecular weight excluding hydrogens is 275 g/mol. The highest BCUT2D eigenvalue weighted by atomic mass is 19.4. The van der Waals surface area contributed by atoms with Crippen molar-refractivity contribution < 1.29 is 18.1 Å². The molecule has 3 N–H and O–H groups in total. The van der Waals surface area contributed by atoms with Crippen molar-refractivity contribution in [3.05, 3.63) is 33.9 Å². The molecule has 5 nitrogen and oxygen atoms in total. The third kappa shape index (κ3) is 3.19. The molecule has 1 aromatic carbocycles. The van der Waals surface area contributed by atoms with E-state index in [-0.39, 0.29) is 17.8 Å². The molecule has 20 heavy (non-hydrogen) atoms. The van der Waals surface area contributed by atoms with E-state index in [1.165, 1.54) is 0 Å². The Morgan fingerprint density at radius 3 is 2.55 bits per heavy atom. The average molecular weight is 289 g/mol. The monoisotopic (exact) mass is 289 g/mol. The SMILES string of the molecule is NC1CCC(Nc2ccc(C(F)(F)F)cc2[N+](=O)[O-])C1. The van der Waals surface area contributed by atoms with Crippen LogP contribution < -0.4 is 11.1 Å². The van der Waals surface area contributed by atoms with E-state index in [9.17, 15) is 23.3 Å². The van der Waals surface area contributed by atoms with Crippen LogP contribution in [-0.4, -0.2) is 17.0 Å². The van der Waals surface area contributed by atoms with E-state index in [1.807, 2.05) is 0 Å². The van der Waals surface area contributed by atoms with Crippen molar-refractivity contribution in [3.63, 3.8) is 0 Å². The van der Waals surface area contributed by atoms with Crippen molar-refractivity contribution in [2.75, 3.05) is 5.32 Å². The molecular formula is C12H14F3N3O2. The molecule has 0 heterocycles. The number of hydrogen-bond acceptors (Lipinski definition) is 4. The first-order chi connectivity index (χ1) is 9.27. The van der Waals surface area contributed by atoms with Gasteiger partial charge in [0.25, 0.3) is 5.69 Å².